The van der Waals surface area contributed by atoms with Crippen molar-refractivity contribution in [1.29, 1.82) is 0 Å². The maximum absolute atomic E-state index is 9.59. The van der Waals surface area contributed by atoms with Crippen LogP contribution in [0.2, 0.25) is 0 Å². The largest absolute Gasteiger partial charge is 0.393 e. The lowest BCUT2D eigenvalue weighted by Crippen LogP contribution is -2.38. The Bertz CT molecular complexity index is 270. The van der Waals surface area contributed by atoms with E-state index in [2.05, 4.69) is 12.2 Å². The van der Waals surface area contributed by atoms with Crippen molar-refractivity contribution in [3.05, 3.63) is 0 Å². The summed E-state index contributed by atoms with van der Waals surface area (Å²) in [7, 11) is 0. The monoisotopic (exact) mass is 364 g/mol. The van der Waals surface area contributed by atoms with Crippen LogP contribution in [0.1, 0.15) is 40.0 Å². The second-order valence-electron chi connectivity index (χ2n) is 6.66. The minimum absolute atomic E-state index is 0.200. The Labute approximate surface area is 153 Å². The molecule has 3 unspecified atom stereocenters. The Morgan fingerprint density at radius 2 is 1.44 bits per heavy atom. The third-order valence-corrected chi connectivity index (χ3v) is 3.67. The number of rotatable bonds is 18. The maximum atomic E-state index is 9.59. The van der Waals surface area contributed by atoms with E-state index in [0.29, 0.717) is 46.1 Å². The molecule has 7 nitrogen and oxygen atoms in total. The number of nitrogens with zero attached hydrogens (tertiary/aromatic N) is 1. The quantitative estimate of drug-likeness (QED) is 0.259. The van der Waals surface area contributed by atoms with Gasteiger partial charge in [0.2, 0.25) is 0 Å². The van der Waals surface area contributed by atoms with Gasteiger partial charge in [0.05, 0.1) is 44.7 Å². The van der Waals surface area contributed by atoms with Gasteiger partial charge in [-0.15, -0.1) is 0 Å². The Morgan fingerprint density at radius 3 is 2.00 bits per heavy atom. The smallest absolute Gasteiger partial charge is 0.0701 e. The van der Waals surface area contributed by atoms with Crippen molar-refractivity contribution in [3.8, 4) is 0 Å². The summed E-state index contributed by atoms with van der Waals surface area (Å²) in [4.78, 5) is 1.99. The molecule has 0 aliphatic heterocycles. The molecule has 0 aliphatic rings. The lowest BCUT2D eigenvalue weighted by molar-refractivity contribution is 0.0253. The van der Waals surface area contributed by atoms with Crippen LogP contribution in [0.3, 0.4) is 0 Å². The number of ether oxygens (including phenoxy) is 2. The molecule has 3 atom stereocenters. The van der Waals surface area contributed by atoms with Crippen LogP contribution < -0.4 is 5.32 Å². The van der Waals surface area contributed by atoms with Crippen LogP contribution in [0.25, 0.3) is 0 Å². The number of aliphatic hydroxyl groups is 3. The fraction of sp³-hybridized carbons (Fsp3) is 1.00. The van der Waals surface area contributed by atoms with Crippen LogP contribution in [0.4, 0.5) is 0 Å². The number of aliphatic hydroxyl groups excluding tert-OH is 3. The van der Waals surface area contributed by atoms with Gasteiger partial charge in [0.15, 0.2) is 0 Å². The second-order valence-corrected chi connectivity index (χ2v) is 6.66. The summed E-state index contributed by atoms with van der Waals surface area (Å²) >= 11 is 0. The van der Waals surface area contributed by atoms with E-state index in [1.54, 1.807) is 13.8 Å². The van der Waals surface area contributed by atoms with Crippen LogP contribution in [0.15, 0.2) is 0 Å². The van der Waals surface area contributed by atoms with Crippen LogP contribution in [0.5, 0.6) is 0 Å². The molecule has 0 aliphatic carbocycles. The molecule has 25 heavy (non-hydrogen) atoms. The van der Waals surface area contributed by atoms with Gasteiger partial charge < -0.3 is 30.1 Å². The van der Waals surface area contributed by atoms with E-state index in [1.165, 1.54) is 0 Å². The lowest BCUT2D eigenvalue weighted by Gasteiger charge is -2.24. The zero-order chi connectivity index (χ0) is 18.9. The van der Waals surface area contributed by atoms with Crippen LogP contribution in [0, 0.1) is 0 Å². The zero-order valence-corrected chi connectivity index (χ0v) is 16.3. The summed E-state index contributed by atoms with van der Waals surface area (Å²) in [6.07, 6.45) is 1.62. The van der Waals surface area contributed by atoms with Crippen molar-refractivity contribution >= 4 is 0 Å². The van der Waals surface area contributed by atoms with Gasteiger partial charge in [-0.25, -0.2) is 0 Å². The summed E-state index contributed by atoms with van der Waals surface area (Å²) in [6, 6.07) is 0. The highest BCUT2D eigenvalue weighted by molar-refractivity contribution is 4.64. The zero-order valence-electron chi connectivity index (χ0n) is 16.3. The molecule has 152 valence electrons. The van der Waals surface area contributed by atoms with Gasteiger partial charge in [-0.3, -0.25) is 4.90 Å². The van der Waals surface area contributed by atoms with Crippen molar-refractivity contribution in [2.45, 2.75) is 58.3 Å². The van der Waals surface area contributed by atoms with Crippen LogP contribution in [-0.2, 0) is 9.47 Å². The van der Waals surface area contributed by atoms with Crippen LogP contribution in [-0.4, -0.2) is 97.7 Å². The molecule has 0 aromatic carbocycles. The molecule has 0 spiro atoms. The van der Waals surface area contributed by atoms with Gasteiger partial charge >= 0.3 is 0 Å². The summed E-state index contributed by atoms with van der Waals surface area (Å²) in [5.74, 6) is 0. The van der Waals surface area contributed by atoms with Crippen molar-refractivity contribution in [1.82, 2.24) is 10.2 Å². The minimum Gasteiger partial charge on any atom is -0.393 e. The van der Waals surface area contributed by atoms with Crippen LogP contribution >= 0.6 is 0 Å². The summed E-state index contributed by atoms with van der Waals surface area (Å²) in [5, 5.41) is 31.7. The molecule has 0 saturated heterocycles. The number of nitrogens with one attached hydrogen (secondary N) is 1. The Balaban J connectivity index is 3.42. The predicted molar refractivity (Wildman–Crippen MR) is 99.8 cm³/mol. The minimum atomic E-state index is -0.419. The van der Waals surface area contributed by atoms with E-state index in [1.807, 2.05) is 4.90 Å². The van der Waals surface area contributed by atoms with Crippen molar-refractivity contribution < 1.29 is 24.8 Å². The highest BCUT2D eigenvalue weighted by Gasteiger charge is 2.10. The average molecular weight is 365 g/mol. The van der Waals surface area contributed by atoms with E-state index in [-0.39, 0.29) is 6.10 Å². The highest BCUT2D eigenvalue weighted by Crippen LogP contribution is 1.99. The maximum Gasteiger partial charge on any atom is 0.0701 e. The van der Waals surface area contributed by atoms with Gasteiger partial charge in [0.1, 0.15) is 0 Å². The SMILES string of the molecule is CCCC(O)CCNCCOCCOCCN(CC(C)O)CC(C)O. The summed E-state index contributed by atoms with van der Waals surface area (Å²) in [5.41, 5.74) is 0. The predicted octanol–water partition coefficient (Wildman–Crippen LogP) is 0.224. The molecule has 0 aromatic heterocycles. The first-order chi connectivity index (χ1) is 12.0. The first-order valence-corrected chi connectivity index (χ1v) is 9.58. The summed E-state index contributed by atoms with van der Waals surface area (Å²) in [6.45, 7) is 11.1. The van der Waals surface area contributed by atoms with E-state index < -0.39 is 12.2 Å². The highest BCUT2D eigenvalue weighted by atomic mass is 16.5. The number of hydrogen-bond donors (Lipinski definition) is 4. The fourth-order valence-electron chi connectivity index (χ4n) is 2.54. The molecule has 4 N–H and O–H groups in total. The molecular weight excluding hydrogens is 324 g/mol. The molecule has 0 fully saturated rings. The molecule has 0 radical (unpaired) electrons. The second kappa shape index (κ2) is 17.1. The van der Waals surface area contributed by atoms with E-state index in [9.17, 15) is 15.3 Å². The Morgan fingerprint density at radius 1 is 0.840 bits per heavy atom. The van der Waals surface area contributed by atoms with Gasteiger partial charge in [0.25, 0.3) is 0 Å². The first kappa shape index (κ1) is 24.7. The van der Waals surface area contributed by atoms with Crippen molar-refractivity contribution in [2.75, 3.05) is 59.2 Å². The van der Waals surface area contributed by atoms with E-state index >= 15 is 0 Å². The van der Waals surface area contributed by atoms with Gasteiger partial charge in [-0.2, -0.15) is 0 Å². The first-order valence-electron chi connectivity index (χ1n) is 9.58. The molecular formula is C18H40N2O5. The van der Waals surface area contributed by atoms with E-state index in [4.69, 9.17) is 9.47 Å². The molecule has 0 bridgehead atoms. The molecule has 0 rings (SSSR count). The van der Waals surface area contributed by atoms with Crippen molar-refractivity contribution in [3.63, 3.8) is 0 Å². The van der Waals surface area contributed by atoms with Gasteiger partial charge in [0, 0.05) is 26.2 Å². The average Bonchev–Trinajstić information content (AvgIpc) is 2.51. The molecule has 0 aromatic rings. The summed E-state index contributed by atoms with van der Waals surface area (Å²) < 4.78 is 11.0. The molecule has 0 amide bonds. The fourth-order valence-corrected chi connectivity index (χ4v) is 2.54. The van der Waals surface area contributed by atoms with Crippen molar-refractivity contribution in [2.24, 2.45) is 0 Å². The molecule has 0 saturated carbocycles. The Kier molecular flexibility index (Phi) is 17.0. The standard InChI is InChI=1S/C18H40N2O5/c1-4-5-18(23)6-7-19-8-10-24-12-13-25-11-9-20(14-16(2)21)15-17(3)22/h16-19,21-23H,4-15H2,1-3H3. The van der Waals surface area contributed by atoms with Gasteiger partial charge in [-0.05, 0) is 33.2 Å². The Hall–Kier alpha value is -0.280. The lowest BCUT2D eigenvalue weighted by atomic mass is 10.1. The normalized spacial score (nSPS) is 15.5. The van der Waals surface area contributed by atoms with Gasteiger partial charge in [-0.1, -0.05) is 13.3 Å². The number of hydrogen-bond acceptors (Lipinski definition) is 7. The van der Waals surface area contributed by atoms with E-state index in [0.717, 1.165) is 32.4 Å². The molecule has 7 heteroatoms. The topological polar surface area (TPSA) is 94.4 Å². The third kappa shape index (κ3) is 18.3. The molecule has 0 heterocycles. The third-order valence-electron chi connectivity index (χ3n) is 3.67.